The zero-order valence-electron chi connectivity index (χ0n) is 16.0. The highest BCUT2D eigenvalue weighted by Gasteiger charge is 2.21. The smallest absolute Gasteiger partial charge is 0.240 e. The van der Waals surface area contributed by atoms with Gasteiger partial charge in [-0.1, -0.05) is 23.8 Å². The molecule has 28 heavy (non-hydrogen) atoms. The van der Waals surface area contributed by atoms with E-state index >= 15 is 0 Å². The molecule has 0 aliphatic carbocycles. The Morgan fingerprint density at radius 2 is 1.79 bits per heavy atom. The molecular formula is C20H26N4O3S. The number of piperazine rings is 1. The van der Waals surface area contributed by atoms with Gasteiger partial charge in [0.1, 0.15) is 5.82 Å². The van der Waals surface area contributed by atoms with Gasteiger partial charge in [-0.25, -0.2) is 18.1 Å². The first kappa shape index (κ1) is 20.3. The van der Waals surface area contributed by atoms with Crippen molar-refractivity contribution in [3.8, 4) is 0 Å². The lowest BCUT2D eigenvalue weighted by Gasteiger charge is -2.35. The Kier molecular flexibility index (Phi) is 6.64. The molecule has 1 fully saturated rings. The number of aryl methyl sites for hydroxylation is 1. The van der Waals surface area contributed by atoms with Gasteiger partial charge < -0.3 is 9.80 Å². The highest BCUT2D eigenvalue weighted by molar-refractivity contribution is 7.89. The Labute approximate surface area is 166 Å². The fourth-order valence-electron chi connectivity index (χ4n) is 3.13. The van der Waals surface area contributed by atoms with Crippen molar-refractivity contribution in [2.45, 2.75) is 24.7 Å². The van der Waals surface area contributed by atoms with Gasteiger partial charge in [-0.15, -0.1) is 0 Å². The van der Waals surface area contributed by atoms with Crippen molar-refractivity contribution in [1.29, 1.82) is 0 Å². The molecule has 1 aliphatic rings. The molecule has 3 rings (SSSR count). The summed E-state index contributed by atoms with van der Waals surface area (Å²) in [6.45, 7) is 4.97. The van der Waals surface area contributed by atoms with Crippen LogP contribution in [0.25, 0.3) is 0 Å². The molecule has 0 spiro atoms. The van der Waals surface area contributed by atoms with Crippen molar-refractivity contribution >= 4 is 21.7 Å². The maximum absolute atomic E-state index is 12.4. The Morgan fingerprint density at radius 3 is 2.43 bits per heavy atom. The zero-order valence-corrected chi connectivity index (χ0v) is 16.9. The summed E-state index contributed by atoms with van der Waals surface area (Å²) in [6.07, 6.45) is 2.58. The van der Waals surface area contributed by atoms with Crippen molar-refractivity contribution < 1.29 is 13.2 Å². The van der Waals surface area contributed by atoms with Gasteiger partial charge in [-0.05, 0) is 37.6 Å². The van der Waals surface area contributed by atoms with Crippen LogP contribution in [-0.2, 0) is 14.8 Å². The number of nitrogens with zero attached hydrogens (tertiary/aromatic N) is 3. The fourth-order valence-corrected chi connectivity index (χ4v) is 4.20. The monoisotopic (exact) mass is 402 g/mol. The number of sulfonamides is 1. The van der Waals surface area contributed by atoms with Gasteiger partial charge in [0, 0.05) is 45.3 Å². The number of aromatic nitrogens is 1. The molecule has 1 N–H and O–H groups in total. The lowest BCUT2D eigenvalue weighted by atomic mass is 10.2. The van der Waals surface area contributed by atoms with Gasteiger partial charge in [0.15, 0.2) is 0 Å². The molecule has 1 saturated heterocycles. The third-order valence-electron chi connectivity index (χ3n) is 4.80. The number of carbonyl (C=O) groups excluding carboxylic acids is 1. The Bertz CT molecular complexity index is 877. The van der Waals surface area contributed by atoms with E-state index in [4.69, 9.17) is 0 Å². The first-order chi connectivity index (χ1) is 13.5. The van der Waals surface area contributed by atoms with Crippen molar-refractivity contribution in [3.63, 3.8) is 0 Å². The van der Waals surface area contributed by atoms with E-state index in [0.29, 0.717) is 25.9 Å². The summed E-state index contributed by atoms with van der Waals surface area (Å²) in [5, 5.41) is 0. The molecular weight excluding hydrogens is 376 g/mol. The van der Waals surface area contributed by atoms with Crippen LogP contribution in [0.2, 0.25) is 0 Å². The summed E-state index contributed by atoms with van der Waals surface area (Å²) in [6, 6.07) is 12.5. The lowest BCUT2D eigenvalue weighted by molar-refractivity contribution is -0.131. The van der Waals surface area contributed by atoms with Crippen LogP contribution in [0.5, 0.6) is 0 Å². The molecule has 150 valence electrons. The van der Waals surface area contributed by atoms with E-state index in [-0.39, 0.29) is 17.3 Å². The molecule has 1 aromatic carbocycles. The third-order valence-corrected chi connectivity index (χ3v) is 6.27. The van der Waals surface area contributed by atoms with E-state index in [2.05, 4.69) is 14.6 Å². The van der Waals surface area contributed by atoms with E-state index in [1.807, 2.05) is 30.0 Å². The van der Waals surface area contributed by atoms with Gasteiger partial charge in [-0.2, -0.15) is 0 Å². The number of nitrogens with one attached hydrogen (secondary N) is 1. The van der Waals surface area contributed by atoms with E-state index in [1.54, 1.807) is 30.5 Å². The van der Waals surface area contributed by atoms with Crippen LogP contribution in [0.4, 0.5) is 5.82 Å². The minimum absolute atomic E-state index is 0.0650. The highest BCUT2D eigenvalue weighted by atomic mass is 32.2. The largest absolute Gasteiger partial charge is 0.353 e. The number of pyridine rings is 1. The van der Waals surface area contributed by atoms with Crippen LogP contribution in [-0.4, -0.2) is 56.9 Å². The normalized spacial score (nSPS) is 14.9. The number of hydrogen-bond acceptors (Lipinski definition) is 5. The zero-order chi connectivity index (χ0) is 20.0. The van der Waals surface area contributed by atoms with Gasteiger partial charge >= 0.3 is 0 Å². The minimum Gasteiger partial charge on any atom is -0.353 e. The van der Waals surface area contributed by atoms with Crippen LogP contribution in [0, 0.1) is 6.92 Å². The molecule has 0 bridgehead atoms. The lowest BCUT2D eigenvalue weighted by Crippen LogP contribution is -2.49. The molecule has 0 atom stereocenters. The van der Waals surface area contributed by atoms with Crippen LogP contribution in [0.1, 0.15) is 18.4 Å². The number of hydrogen-bond donors (Lipinski definition) is 1. The summed E-state index contributed by atoms with van der Waals surface area (Å²) >= 11 is 0. The second-order valence-electron chi connectivity index (χ2n) is 6.87. The molecule has 7 nitrogen and oxygen atoms in total. The van der Waals surface area contributed by atoms with Crippen LogP contribution < -0.4 is 9.62 Å². The molecule has 0 unspecified atom stereocenters. The Morgan fingerprint density at radius 1 is 1.07 bits per heavy atom. The molecule has 0 saturated carbocycles. The van der Waals surface area contributed by atoms with Crippen molar-refractivity contribution in [3.05, 3.63) is 54.2 Å². The van der Waals surface area contributed by atoms with E-state index < -0.39 is 10.0 Å². The molecule has 2 heterocycles. The van der Waals surface area contributed by atoms with Gasteiger partial charge in [-0.3, -0.25) is 4.79 Å². The average Bonchev–Trinajstić information content (AvgIpc) is 2.72. The number of benzene rings is 1. The van der Waals surface area contributed by atoms with Crippen LogP contribution >= 0.6 is 0 Å². The van der Waals surface area contributed by atoms with Crippen molar-refractivity contribution in [1.82, 2.24) is 14.6 Å². The first-order valence-corrected chi connectivity index (χ1v) is 10.9. The molecule has 1 aromatic heterocycles. The van der Waals surface area contributed by atoms with E-state index in [0.717, 1.165) is 24.5 Å². The molecule has 1 amide bonds. The summed E-state index contributed by atoms with van der Waals surface area (Å²) in [5.41, 5.74) is 1.01. The van der Waals surface area contributed by atoms with Crippen molar-refractivity contribution in [2.75, 3.05) is 37.6 Å². The predicted molar refractivity (Wildman–Crippen MR) is 109 cm³/mol. The summed E-state index contributed by atoms with van der Waals surface area (Å²) in [5.74, 6) is 0.996. The van der Waals surface area contributed by atoms with Gasteiger partial charge in [0.25, 0.3) is 0 Å². The molecule has 8 heteroatoms. The molecule has 0 radical (unpaired) electrons. The first-order valence-electron chi connectivity index (χ1n) is 9.46. The maximum atomic E-state index is 12.4. The third kappa shape index (κ3) is 5.30. The quantitative estimate of drug-likeness (QED) is 0.714. The van der Waals surface area contributed by atoms with E-state index in [9.17, 15) is 13.2 Å². The standard InChI is InChI=1S/C20H26N4O3S/c1-17-7-9-18(10-8-17)28(26,27)22-12-4-6-20(25)24-15-13-23(14-16-24)19-5-2-3-11-21-19/h2-3,5,7-11,22H,4,6,12-16H2,1H3. The molecule has 1 aliphatic heterocycles. The number of rotatable bonds is 7. The average molecular weight is 403 g/mol. The molecule has 2 aromatic rings. The SMILES string of the molecule is Cc1ccc(S(=O)(=O)NCCCC(=O)N2CCN(c3ccccn3)CC2)cc1. The summed E-state index contributed by atoms with van der Waals surface area (Å²) in [7, 11) is -3.53. The van der Waals surface area contributed by atoms with E-state index in [1.165, 1.54) is 0 Å². The number of amides is 1. The summed E-state index contributed by atoms with van der Waals surface area (Å²) in [4.78, 5) is 21.0. The Hall–Kier alpha value is -2.45. The highest BCUT2D eigenvalue weighted by Crippen LogP contribution is 2.14. The predicted octanol–water partition coefficient (Wildman–Crippen LogP) is 1.80. The summed E-state index contributed by atoms with van der Waals surface area (Å²) < 4.78 is 27.1. The van der Waals surface area contributed by atoms with Gasteiger partial charge in [0.2, 0.25) is 15.9 Å². The Balaban J connectivity index is 1.40. The topological polar surface area (TPSA) is 82.6 Å². The second-order valence-corrected chi connectivity index (χ2v) is 8.64. The maximum Gasteiger partial charge on any atom is 0.240 e. The minimum atomic E-state index is -3.53. The number of carbonyl (C=O) groups is 1. The number of anilines is 1. The fraction of sp³-hybridized carbons (Fsp3) is 0.400. The van der Waals surface area contributed by atoms with Crippen molar-refractivity contribution in [2.24, 2.45) is 0 Å². The second kappa shape index (κ2) is 9.16. The van der Waals surface area contributed by atoms with Crippen LogP contribution in [0.15, 0.2) is 53.6 Å². The van der Waals surface area contributed by atoms with Gasteiger partial charge in [0.05, 0.1) is 4.90 Å². The van der Waals surface area contributed by atoms with Crippen LogP contribution in [0.3, 0.4) is 0 Å².